The number of fused-ring (bicyclic) bond motifs is 14. The van der Waals surface area contributed by atoms with Gasteiger partial charge < -0.3 is 0 Å². The molecule has 343 valence electrons. The fraction of sp³-hybridized carbons (Fsp3) is 0.0411. The molecule has 1 aliphatic rings. The van der Waals surface area contributed by atoms with Crippen LogP contribution < -0.4 is 0 Å². The maximum absolute atomic E-state index is 4.50. The molecule has 0 aliphatic heterocycles. The predicted octanol–water partition coefficient (Wildman–Crippen LogP) is 18.9. The van der Waals surface area contributed by atoms with Crippen LogP contribution >= 0.6 is 0 Å². The van der Waals surface area contributed by atoms with Crippen molar-refractivity contribution in [2.45, 2.75) is 20.8 Å². The van der Waals surface area contributed by atoms with Gasteiger partial charge in [0.15, 0.2) is 0 Å². The largest absolute Gasteiger partial charge is 0.0620 e. The molecule has 3 heteroatoms. The molecule has 1 aliphatic carbocycles. The number of hydrogen-bond acceptors (Lipinski definition) is 0. The van der Waals surface area contributed by atoms with Crippen LogP contribution in [0.2, 0.25) is 0 Å². The van der Waals surface area contributed by atoms with Crippen LogP contribution in [0.25, 0.3) is 163 Å². The zero-order chi connectivity index (χ0) is 50.4. The molecule has 0 atom stereocenters. The van der Waals surface area contributed by atoms with Crippen molar-refractivity contribution in [3.63, 3.8) is 0 Å². The monoisotopic (exact) mass is 951 g/mol. The van der Waals surface area contributed by atoms with Gasteiger partial charge in [0.2, 0.25) is 0 Å². The van der Waals surface area contributed by atoms with Gasteiger partial charge in [-0.05, 0) is 227 Å². The van der Waals surface area contributed by atoms with Gasteiger partial charge in [-0.1, -0.05) is 194 Å². The molecule has 0 fully saturated rings. The summed E-state index contributed by atoms with van der Waals surface area (Å²) in [4.78, 5) is 0. The maximum atomic E-state index is 4.50. The number of hydrogen-bond donors (Lipinski definition) is 0. The van der Waals surface area contributed by atoms with Crippen molar-refractivity contribution in [3.8, 4) is 33.4 Å². The molecule has 17 aromatic carbocycles. The van der Waals surface area contributed by atoms with Crippen LogP contribution in [0.5, 0.6) is 0 Å². The molecule has 0 saturated heterocycles. The first-order valence-corrected chi connectivity index (χ1v) is 26.6. The second-order valence-corrected chi connectivity index (χ2v) is 21.5. The summed E-state index contributed by atoms with van der Waals surface area (Å²) in [6.45, 7) is 6.81. The molecular weight excluding hydrogens is 909 g/mol. The normalized spacial score (nSPS) is 12.5. The van der Waals surface area contributed by atoms with E-state index in [0.717, 1.165) is 7.06 Å². The summed E-state index contributed by atoms with van der Waals surface area (Å²) >= 11 is 0. The topological polar surface area (TPSA) is 0 Å². The first-order valence-electron chi connectivity index (χ1n) is 26.6. The van der Waals surface area contributed by atoms with E-state index < -0.39 is 0 Å². The lowest BCUT2D eigenvalue weighted by molar-refractivity contribution is 1.40. The molecule has 0 aromatic heterocycles. The molecule has 0 saturated carbocycles. The van der Waals surface area contributed by atoms with E-state index in [1.54, 1.807) is 0 Å². The highest BCUT2D eigenvalue weighted by Crippen LogP contribution is 2.58. The zero-order valence-corrected chi connectivity index (χ0v) is 42.3. The fourth-order valence-electron chi connectivity index (χ4n) is 15.1. The second kappa shape index (κ2) is 15.1. The van der Waals surface area contributed by atoms with Crippen LogP contribution in [0.1, 0.15) is 16.7 Å². The Labute approximate surface area is 441 Å². The summed E-state index contributed by atoms with van der Waals surface area (Å²) in [5.74, 6) is 0. The van der Waals surface area contributed by atoms with E-state index in [1.165, 1.54) is 200 Å². The highest BCUT2D eigenvalue weighted by atomic mass is 14.3. The highest BCUT2D eigenvalue weighted by molar-refractivity contribution is 7.17. The highest BCUT2D eigenvalue weighted by Gasteiger charge is 2.30. The Balaban J connectivity index is 0.00000153. The van der Waals surface area contributed by atoms with Gasteiger partial charge in [-0.25, -0.2) is 0 Å². The summed E-state index contributed by atoms with van der Waals surface area (Å²) in [7, 11) is 10.0. The molecule has 0 unspecified atom stereocenters. The van der Waals surface area contributed by atoms with Crippen molar-refractivity contribution < 1.29 is 0 Å². The van der Waals surface area contributed by atoms with Crippen LogP contribution in [-0.2, 0) is 0 Å². The Morgan fingerprint density at radius 3 is 1.17 bits per heavy atom. The van der Waals surface area contributed by atoms with E-state index in [-0.39, 0.29) is 0 Å². The van der Waals surface area contributed by atoms with Crippen LogP contribution in [0.15, 0.2) is 200 Å². The molecule has 0 heterocycles. The zero-order valence-electron chi connectivity index (χ0n) is 42.3. The van der Waals surface area contributed by atoms with E-state index in [9.17, 15) is 0 Å². The standard InChI is InChI=1S/C73H42.B3/c1-37-14-4-7-19-41(37)47-26-27-48(42-20-8-5-15-38(42)2)65-55-33-29-50-52-31-35-57-67-56(34-30-51(63(52)67)49-28-32-54(64(47)65)66(55)62(49)50)71-61(43-21-9-6-16-39(43)3)59-36-58-46-24-12-17-40-18-13-25-53(60(40)46)68(58)69-44-22-10-11-23-45(44)70(72(57)71)73(59)69;1-3-2/h4-36H,1-3H3;. The average Bonchev–Trinajstić information content (AvgIpc) is 4.36. The van der Waals surface area contributed by atoms with Crippen LogP contribution in [0.4, 0.5) is 0 Å². The van der Waals surface area contributed by atoms with E-state index in [0.29, 0.717) is 0 Å². The van der Waals surface area contributed by atoms with Crippen molar-refractivity contribution >= 4 is 152 Å². The van der Waals surface area contributed by atoms with Crippen molar-refractivity contribution in [2.24, 2.45) is 0 Å². The second-order valence-electron chi connectivity index (χ2n) is 21.5. The first-order chi connectivity index (χ1) is 37.4. The lowest BCUT2D eigenvalue weighted by atomic mass is 9.40. The molecule has 5 radical (unpaired) electrons. The van der Waals surface area contributed by atoms with Gasteiger partial charge in [-0.15, -0.1) is 0 Å². The molecule has 18 rings (SSSR count). The Bertz CT molecular complexity index is 5470. The minimum atomic E-state index is 1.00. The summed E-state index contributed by atoms with van der Waals surface area (Å²) in [6, 6.07) is 77.2. The summed E-state index contributed by atoms with van der Waals surface area (Å²) in [5, 5.41) is 37.9. The third kappa shape index (κ3) is 5.14. The van der Waals surface area contributed by atoms with Gasteiger partial charge in [0.25, 0.3) is 0 Å². The van der Waals surface area contributed by atoms with Crippen LogP contribution in [0, 0.1) is 41.6 Å². The average molecular weight is 952 g/mol. The summed E-state index contributed by atoms with van der Waals surface area (Å²) < 4.78 is 0. The van der Waals surface area contributed by atoms with Crippen molar-refractivity contribution in [1.29, 1.82) is 0 Å². The van der Waals surface area contributed by atoms with E-state index in [2.05, 4.69) is 236 Å². The van der Waals surface area contributed by atoms with Crippen LogP contribution in [-0.4, -0.2) is 22.5 Å². The third-order valence-electron chi connectivity index (χ3n) is 18.0. The minimum Gasteiger partial charge on any atom is -0.0620 e. The maximum Gasteiger partial charge on any atom is 0 e. The Morgan fingerprint density at radius 2 is 0.605 bits per heavy atom. The van der Waals surface area contributed by atoms with Gasteiger partial charge in [0, 0.05) is 22.5 Å². The van der Waals surface area contributed by atoms with Gasteiger partial charge >= 0.3 is 0 Å². The molecule has 0 bridgehead atoms. The fourth-order valence-corrected chi connectivity index (χ4v) is 15.1. The third-order valence-corrected chi connectivity index (χ3v) is 18.0. The Hall–Kier alpha value is -8.91. The number of benzene rings is 14. The Morgan fingerprint density at radius 1 is 0.250 bits per heavy atom. The Kier molecular flexibility index (Phi) is 8.45. The molecule has 17 aromatic rings. The lowest BCUT2D eigenvalue weighted by Crippen LogP contribution is -1.91. The van der Waals surface area contributed by atoms with Gasteiger partial charge in [-0.3, -0.25) is 0 Å². The molecule has 0 spiro atoms. The quantitative estimate of drug-likeness (QED) is 0.0940. The van der Waals surface area contributed by atoms with Gasteiger partial charge in [0.05, 0.1) is 0 Å². The van der Waals surface area contributed by atoms with E-state index in [4.69, 9.17) is 0 Å². The smallest absolute Gasteiger partial charge is 0 e. The van der Waals surface area contributed by atoms with Gasteiger partial charge in [0.1, 0.15) is 0 Å². The van der Waals surface area contributed by atoms with Crippen molar-refractivity contribution in [2.75, 3.05) is 0 Å². The first kappa shape index (κ1) is 42.4. The van der Waals surface area contributed by atoms with E-state index in [1.807, 2.05) is 0 Å². The minimum absolute atomic E-state index is 1.00. The van der Waals surface area contributed by atoms with Gasteiger partial charge in [-0.2, -0.15) is 0 Å². The van der Waals surface area contributed by atoms with Crippen molar-refractivity contribution in [3.05, 3.63) is 238 Å². The molecule has 0 N–H and O–H groups in total. The molecule has 0 nitrogen and oxygen atoms in total. The van der Waals surface area contributed by atoms with Crippen molar-refractivity contribution in [1.82, 2.24) is 0 Å². The predicted molar refractivity (Wildman–Crippen MR) is 331 cm³/mol. The lowest BCUT2D eigenvalue weighted by Gasteiger charge is -2.16. The SMILES string of the molecule is Cc1ccccc1-c1ccc(-c2ccccc2C)c2c1=c1ccc3c4ccc5c6c(-c7ccccc7C)c7cc8c9cccc%10cccc(c%109)c8c8c9ccccc9c(c6c6ccc(c9ccc=2c1c39)c4c56)c78.[B][B][B]. The number of aryl methyl sites for hydroxylation is 3. The molecule has 76 heavy (non-hydrogen) atoms. The molecular formula is C73H42B3. The summed E-state index contributed by atoms with van der Waals surface area (Å²) in [5.41, 5.74) is 11.7. The number of rotatable bonds is 3. The van der Waals surface area contributed by atoms with E-state index >= 15 is 0 Å². The molecule has 0 amide bonds. The van der Waals surface area contributed by atoms with Crippen LogP contribution in [0.3, 0.4) is 0 Å². The summed E-state index contributed by atoms with van der Waals surface area (Å²) in [6.07, 6.45) is 0.